The molecule has 1 N–H and O–H groups in total. The Morgan fingerprint density at radius 2 is 2.05 bits per heavy atom. The highest BCUT2D eigenvalue weighted by Gasteiger charge is 2.19. The molecule has 0 amide bonds. The van der Waals surface area contributed by atoms with E-state index in [1.807, 2.05) is 0 Å². The number of nitro groups is 1. The summed E-state index contributed by atoms with van der Waals surface area (Å²) in [5, 5.41) is 19.7. The number of hydrogen-bond acceptors (Lipinski definition) is 4. The van der Waals surface area contributed by atoms with Crippen LogP contribution in [0.3, 0.4) is 0 Å². The lowest BCUT2D eigenvalue weighted by atomic mass is 10.2. The maximum Gasteiger partial charge on any atom is 0.338 e. The van der Waals surface area contributed by atoms with Crippen LogP contribution in [0.25, 0.3) is 0 Å². The fraction of sp³-hybridized carbons (Fsp3) is 0.0714. The number of rotatable bonds is 4. The molecule has 0 bridgehead atoms. The highest BCUT2D eigenvalue weighted by molar-refractivity contribution is 5.88. The zero-order valence-electron chi connectivity index (χ0n) is 10.9. The summed E-state index contributed by atoms with van der Waals surface area (Å²) in [6.07, 6.45) is 0. The van der Waals surface area contributed by atoms with Crippen molar-refractivity contribution in [1.29, 1.82) is 0 Å². The van der Waals surface area contributed by atoms with Crippen LogP contribution in [0, 0.1) is 22.9 Å². The predicted octanol–water partition coefficient (Wildman–Crippen LogP) is 3.53. The molecule has 7 heteroatoms. The molecular formula is C14H10FNO5. The number of aromatic carboxylic acids is 1. The van der Waals surface area contributed by atoms with Crippen molar-refractivity contribution in [1.82, 2.24) is 0 Å². The Bertz CT molecular complexity index is 729. The lowest BCUT2D eigenvalue weighted by Gasteiger charge is -2.09. The van der Waals surface area contributed by atoms with Crippen molar-refractivity contribution in [2.45, 2.75) is 6.92 Å². The van der Waals surface area contributed by atoms with Gasteiger partial charge in [-0.05, 0) is 24.6 Å². The second-order valence-corrected chi connectivity index (χ2v) is 4.23. The Kier molecular flexibility index (Phi) is 3.84. The van der Waals surface area contributed by atoms with Crippen LogP contribution in [-0.2, 0) is 0 Å². The minimum atomic E-state index is -1.40. The summed E-state index contributed by atoms with van der Waals surface area (Å²) in [7, 11) is 0. The number of hydrogen-bond donors (Lipinski definition) is 1. The maximum absolute atomic E-state index is 13.6. The fourth-order valence-corrected chi connectivity index (χ4v) is 1.76. The van der Waals surface area contributed by atoms with Gasteiger partial charge < -0.3 is 9.84 Å². The van der Waals surface area contributed by atoms with Crippen molar-refractivity contribution < 1.29 is 24.0 Å². The summed E-state index contributed by atoms with van der Waals surface area (Å²) >= 11 is 0. The summed E-state index contributed by atoms with van der Waals surface area (Å²) < 4.78 is 18.9. The van der Waals surface area contributed by atoms with E-state index in [4.69, 9.17) is 9.84 Å². The van der Waals surface area contributed by atoms with E-state index in [2.05, 4.69) is 0 Å². The van der Waals surface area contributed by atoms with Gasteiger partial charge >= 0.3 is 11.7 Å². The van der Waals surface area contributed by atoms with Gasteiger partial charge in [-0.1, -0.05) is 12.1 Å². The van der Waals surface area contributed by atoms with Crippen LogP contribution in [0.5, 0.6) is 11.5 Å². The molecule has 0 spiro atoms. The number of carbonyl (C=O) groups is 1. The minimum absolute atomic E-state index is 0.00928. The van der Waals surface area contributed by atoms with Gasteiger partial charge in [0.25, 0.3) is 0 Å². The van der Waals surface area contributed by atoms with Gasteiger partial charge in [0.15, 0.2) is 0 Å². The van der Waals surface area contributed by atoms with Crippen molar-refractivity contribution in [3.05, 3.63) is 63.5 Å². The van der Waals surface area contributed by atoms with E-state index in [-0.39, 0.29) is 17.2 Å². The predicted molar refractivity (Wildman–Crippen MR) is 71.3 cm³/mol. The number of aryl methyl sites for hydroxylation is 1. The van der Waals surface area contributed by atoms with E-state index in [1.54, 1.807) is 13.0 Å². The fourth-order valence-electron chi connectivity index (χ4n) is 1.76. The molecule has 21 heavy (non-hydrogen) atoms. The summed E-state index contributed by atoms with van der Waals surface area (Å²) in [5.74, 6) is -2.41. The number of ether oxygens (including phenoxy) is 1. The molecule has 108 valence electrons. The molecule has 0 radical (unpaired) electrons. The molecule has 2 aromatic rings. The van der Waals surface area contributed by atoms with E-state index in [0.717, 1.165) is 12.1 Å². The third-order valence-electron chi connectivity index (χ3n) is 2.78. The second-order valence-electron chi connectivity index (χ2n) is 4.23. The largest absolute Gasteiger partial charge is 0.478 e. The Morgan fingerprint density at radius 1 is 1.33 bits per heavy atom. The Labute approximate surface area is 118 Å². The Hall–Kier alpha value is -2.96. The van der Waals surface area contributed by atoms with Gasteiger partial charge in [0.1, 0.15) is 11.6 Å². The second kappa shape index (κ2) is 5.58. The highest BCUT2D eigenvalue weighted by atomic mass is 19.1. The van der Waals surface area contributed by atoms with Crippen LogP contribution in [0.1, 0.15) is 15.9 Å². The normalized spacial score (nSPS) is 10.2. The highest BCUT2D eigenvalue weighted by Crippen LogP contribution is 2.34. The van der Waals surface area contributed by atoms with Gasteiger partial charge in [0.05, 0.1) is 10.5 Å². The lowest BCUT2D eigenvalue weighted by Crippen LogP contribution is -2.01. The first-order chi connectivity index (χ1) is 9.90. The smallest absolute Gasteiger partial charge is 0.338 e. The number of carboxylic acid groups (broad SMARTS) is 1. The van der Waals surface area contributed by atoms with Crippen molar-refractivity contribution >= 4 is 11.7 Å². The molecule has 0 saturated carbocycles. The van der Waals surface area contributed by atoms with Crippen molar-refractivity contribution in [2.24, 2.45) is 0 Å². The van der Waals surface area contributed by atoms with E-state index in [0.29, 0.717) is 5.56 Å². The quantitative estimate of drug-likeness (QED) is 0.687. The molecule has 0 aliphatic rings. The lowest BCUT2D eigenvalue weighted by molar-refractivity contribution is -0.385. The molecule has 6 nitrogen and oxygen atoms in total. The van der Waals surface area contributed by atoms with Crippen LogP contribution < -0.4 is 4.74 Å². The van der Waals surface area contributed by atoms with Gasteiger partial charge in [-0.15, -0.1) is 0 Å². The zero-order chi connectivity index (χ0) is 15.6. The molecular weight excluding hydrogens is 281 g/mol. The third-order valence-corrected chi connectivity index (χ3v) is 2.78. The molecule has 0 atom stereocenters. The first-order valence-corrected chi connectivity index (χ1v) is 5.85. The molecule has 0 aliphatic carbocycles. The van der Waals surface area contributed by atoms with Gasteiger partial charge in [-0.2, -0.15) is 0 Å². The SMILES string of the molecule is Cc1cccc([N+](=O)[O-])c1Oc1ccc(C(=O)O)c(F)c1. The number of nitrogens with zero attached hydrogens (tertiary/aromatic N) is 1. The van der Waals surface area contributed by atoms with Crippen LogP contribution >= 0.6 is 0 Å². The van der Waals surface area contributed by atoms with Gasteiger partial charge in [0, 0.05) is 12.1 Å². The maximum atomic E-state index is 13.6. The monoisotopic (exact) mass is 291 g/mol. The van der Waals surface area contributed by atoms with Gasteiger partial charge in [-0.25, -0.2) is 9.18 Å². The van der Waals surface area contributed by atoms with Crippen LogP contribution in [0.2, 0.25) is 0 Å². The summed E-state index contributed by atoms with van der Waals surface area (Å²) in [4.78, 5) is 21.1. The average Bonchev–Trinajstić information content (AvgIpc) is 2.40. The molecule has 0 aliphatic heterocycles. The van der Waals surface area contributed by atoms with Crippen LogP contribution in [0.4, 0.5) is 10.1 Å². The number of carboxylic acids is 1. The summed E-state index contributed by atoms with van der Waals surface area (Å²) in [6.45, 7) is 1.62. The minimum Gasteiger partial charge on any atom is -0.478 e. The summed E-state index contributed by atoms with van der Waals surface area (Å²) in [6, 6.07) is 7.54. The Balaban J connectivity index is 2.41. The van der Waals surface area contributed by atoms with E-state index < -0.39 is 22.3 Å². The van der Waals surface area contributed by atoms with Crippen molar-refractivity contribution in [3.63, 3.8) is 0 Å². The van der Waals surface area contributed by atoms with E-state index >= 15 is 0 Å². The molecule has 2 aromatic carbocycles. The van der Waals surface area contributed by atoms with Crippen LogP contribution in [-0.4, -0.2) is 16.0 Å². The molecule has 0 unspecified atom stereocenters. The van der Waals surface area contributed by atoms with Gasteiger partial charge in [-0.3, -0.25) is 10.1 Å². The summed E-state index contributed by atoms with van der Waals surface area (Å²) in [5.41, 5.74) is -0.244. The van der Waals surface area contributed by atoms with Crippen LogP contribution in [0.15, 0.2) is 36.4 Å². The van der Waals surface area contributed by atoms with E-state index in [1.165, 1.54) is 18.2 Å². The first-order valence-electron chi connectivity index (χ1n) is 5.85. The number of nitro benzene ring substituents is 1. The molecule has 0 fully saturated rings. The molecule has 0 aromatic heterocycles. The average molecular weight is 291 g/mol. The van der Waals surface area contributed by atoms with Gasteiger partial charge in [0.2, 0.25) is 5.75 Å². The topological polar surface area (TPSA) is 89.7 Å². The Morgan fingerprint density at radius 3 is 2.62 bits per heavy atom. The molecule has 0 heterocycles. The number of benzene rings is 2. The van der Waals surface area contributed by atoms with E-state index in [9.17, 15) is 19.3 Å². The first kappa shape index (κ1) is 14.4. The number of para-hydroxylation sites is 1. The van der Waals surface area contributed by atoms with Crippen molar-refractivity contribution in [3.8, 4) is 11.5 Å². The third kappa shape index (κ3) is 2.97. The standard InChI is InChI=1S/C14H10FNO5/c1-8-3-2-4-12(16(19)20)13(8)21-9-5-6-10(14(17)18)11(15)7-9/h2-7H,1H3,(H,17,18). The zero-order valence-corrected chi connectivity index (χ0v) is 10.9. The molecule has 2 rings (SSSR count). The number of halogens is 1. The van der Waals surface area contributed by atoms with Crippen molar-refractivity contribution in [2.75, 3.05) is 0 Å². The molecule has 0 saturated heterocycles.